The first kappa shape index (κ1) is 17.5. The maximum Gasteiger partial charge on any atom is 0.0522 e. The molecule has 0 radical (unpaired) electrons. The first-order valence-electron chi connectivity index (χ1n) is 9.53. The maximum absolute atomic E-state index is 4.71. The van der Waals surface area contributed by atoms with Gasteiger partial charge in [0.2, 0.25) is 0 Å². The molecule has 1 unspecified atom stereocenters. The third-order valence-corrected chi connectivity index (χ3v) is 5.23. The normalized spacial score (nSPS) is 12.9. The van der Waals surface area contributed by atoms with Crippen molar-refractivity contribution in [2.45, 2.75) is 32.1 Å². The summed E-state index contributed by atoms with van der Waals surface area (Å²) in [6.45, 7) is 6.76. The minimum Gasteiger partial charge on any atom is -0.260 e. The lowest BCUT2D eigenvalue weighted by Crippen LogP contribution is -2.12. The van der Waals surface area contributed by atoms with Gasteiger partial charge in [-0.1, -0.05) is 93.6 Å². The maximum atomic E-state index is 4.71. The molecule has 1 atom stereocenters. The number of benzene rings is 3. The van der Waals surface area contributed by atoms with Crippen LogP contribution in [0.4, 0.5) is 0 Å². The Morgan fingerprint density at radius 2 is 1.41 bits per heavy atom. The zero-order valence-corrected chi connectivity index (χ0v) is 16.2. The summed E-state index contributed by atoms with van der Waals surface area (Å²) in [6, 6.07) is 30.4. The van der Waals surface area contributed by atoms with E-state index >= 15 is 0 Å². The molecule has 134 valence electrons. The quantitative estimate of drug-likeness (QED) is 0.399. The van der Waals surface area contributed by atoms with Crippen LogP contribution in [0.5, 0.6) is 0 Å². The van der Waals surface area contributed by atoms with Crippen LogP contribution in [-0.2, 0) is 5.41 Å². The molecule has 1 aromatic heterocycles. The smallest absolute Gasteiger partial charge is 0.0522 e. The molecule has 0 amide bonds. The highest BCUT2D eigenvalue weighted by Gasteiger charge is 2.21. The van der Waals surface area contributed by atoms with E-state index in [1.54, 1.807) is 0 Å². The minimum atomic E-state index is 0.117. The van der Waals surface area contributed by atoms with Crippen LogP contribution in [0.1, 0.15) is 49.1 Å². The van der Waals surface area contributed by atoms with Crippen LogP contribution in [0.3, 0.4) is 0 Å². The van der Waals surface area contributed by atoms with Crippen molar-refractivity contribution in [3.05, 3.63) is 114 Å². The van der Waals surface area contributed by atoms with Crippen molar-refractivity contribution in [1.29, 1.82) is 0 Å². The Hall–Kier alpha value is -2.93. The lowest BCUT2D eigenvalue weighted by atomic mass is 9.82. The average Bonchev–Trinajstić information content (AvgIpc) is 2.69. The fourth-order valence-electron chi connectivity index (χ4n) is 3.73. The van der Waals surface area contributed by atoms with E-state index in [4.69, 9.17) is 4.98 Å². The Morgan fingerprint density at radius 1 is 0.704 bits per heavy atom. The fraction of sp³-hybridized carbons (Fsp3) is 0.192. The molecule has 1 heteroatoms. The topological polar surface area (TPSA) is 12.9 Å². The van der Waals surface area contributed by atoms with E-state index in [2.05, 4.69) is 99.6 Å². The van der Waals surface area contributed by atoms with Gasteiger partial charge in [-0.3, -0.25) is 4.98 Å². The molecule has 3 aromatic carbocycles. The summed E-state index contributed by atoms with van der Waals surface area (Å²) in [4.78, 5) is 4.71. The standard InChI is InChI=1S/C26H25N/c1-26(2,3)21-16-14-20(15-17-21)25(24-13-6-7-18-27-24)23-12-8-10-19-9-4-5-11-22(19)23/h4-18,25H,1-3H3. The Morgan fingerprint density at radius 3 is 2.11 bits per heavy atom. The van der Waals surface area contributed by atoms with Crippen LogP contribution in [0.25, 0.3) is 10.8 Å². The lowest BCUT2D eigenvalue weighted by molar-refractivity contribution is 0.590. The molecule has 0 spiro atoms. The van der Waals surface area contributed by atoms with E-state index in [1.165, 1.54) is 27.5 Å². The highest BCUT2D eigenvalue weighted by molar-refractivity contribution is 5.87. The molecular weight excluding hydrogens is 326 g/mol. The zero-order chi connectivity index (χ0) is 18.9. The molecule has 0 saturated carbocycles. The van der Waals surface area contributed by atoms with Gasteiger partial charge in [-0.15, -0.1) is 0 Å². The van der Waals surface area contributed by atoms with Crippen molar-refractivity contribution in [2.75, 3.05) is 0 Å². The summed E-state index contributed by atoms with van der Waals surface area (Å²) in [5, 5.41) is 2.55. The van der Waals surface area contributed by atoms with E-state index in [1.807, 2.05) is 12.3 Å². The molecule has 27 heavy (non-hydrogen) atoms. The van der Waals surface area contributed by atoms with Gasteiger partial charge in [-0.25, -0.2) is 0 Å². The predicted octanol–water partition coefficient (Wildman–Crippen LogP) is 6.71. The van der Waals surface area contributed by atoms with E-state index in [9.17, 15) is 0 Å². The number of rotatable bonds is 3. The molecule has 1 nitrogen and oxygen atoms in total. The molecule has 0 aliphatic carbocycles. The van der Waals surface area contributed by atoms with E-state index in [-0.39, 0.29) is 11.3 Å². The number of pyridine rings is 1. The fourth-order valence-corrected chi connectivity index (χ4v) is 3.73. The summed E-state index contributed by atoms with van der Waals surface area (Å²) >= 11 is 0. The molecule has 4 aromatic rings. The molecule has 0 N–H and O–H groups in total. The molecule has 1 heterocycles. The number of nitrogens with zero attached hydrogens (tertiary/aromatic N) is 1. The van der Waals surface area contributed by atoms with Crippen molar-refractivity contribution in [2.24, 2.45) is 0 Å². The summed E-state index contributed by atoms with van der Waals surface area (Å²) in [5.41, 5.74) is 5.16. The highest BCUT2D eigenvalue weighted by atomic mass is 14.7. The molecule has 0 aliphatic heterocycles. The predicted molar refractivity (Wildman–Crippen MR) is 114 cm³/mol. The number of hydrogen-bond donors (Lipinski definition) is 0. The Labute approximate surface area is 161 Å². The number of aromatic nitrogens is 1. The van der Waals surface area contributed by atoms with Gasteiger partial charge >= 0.3 is 0 Å². The first-order valence-corrected chi connectivity index (χ1v) is 9.53. The van der Waals surface area contributed by atoms with Crippen molar-refractivity contribution < 1.29 is 0 Å². The molecular formula is C26H25N. The third kappa shape index (κ3) is 3.50. The van der Waals surface area contributed by atoms with E-state index < -0.39 is 0 Å². The van der Waals surface area contributed by atoms with Crippen LogP contribution in [0.2, 0.25) is 0 Å². The molecule has 0 aliphatic rings. The minimum absolute atomic E-state index is 0.117. The van der Waals surface area contributed by atoms with Crippen molar-refractivity contribution in [3.8, 4) is 0 Å². The van der Waals surface area contributed by atoms with Gasteiger partial charge in [0, 0.05) is 6.20 Å². The SMILES string of the molecule is CC(C)(C)c1ccc(C(c2ccccn2)c2cccc3ccccc23)cc1. The molecule has 0 bridgehead atoms. The van der Waals surface area contributed by atoms with Gasteiger partial charge in [0.1, 0.15) is 0 Å². The van der Waals surface area contributed by atoms with Crippen molar-refractivity contribution in [1.82, 2.24) is 4.98 Å². The lowest BCUT2D eigenvalue weighted by Gasteiger charge is -2.23. The second kappa shape index (κ2) is 7.00. The summed E-state index contributed by atoms with van der Waals surface area (Å²) < 4.78 is 0. The van der Waals surface area contributed by atoms with Crippen LogP contribution in [-0.4, -0.2) is 4.98 Å². The van der Waals surface area contributed by atoms with Gasteiger partial charge in [-0.05, 0) is 45.0 Å². The van der Waals surface area contributed by atoms with Gasteiger partial charge < -0.3 is 0 Å². The van der Waals surface area contributed by atoms with Crippen LogP contribution < -0.4 is 0 Å². The summed E-state index contributed by atoms with van der Waals surface area (Å²) in [7, 11) is 0. The van der Waals surface area contributed by atoms with E-state index in [0.29, 0.717) is 0 Å². The molecule has 4 rings (SSSR count). The van der Waals surface area contributed by atoms with Crippen LogP contribution in [0.15, 0.2) is 91.1 Å². The average molecular weight is 351 g/mol. The first-order chi connectivity index (χ1) is 13.0. The second-order valence-corrected chi connectivity index (χ2v) is 8.13. The van der Waals surface area contributed by atoms with Crippen molar-refractivity contribution in [3.63, 3.8) is 0 Å². The molecule has 0 fully saturated rings. The van der Waals surface area contributed by atoms with Gasteiger partial charge in [0.25, 0.3) is 0 Å². The van der Waals surface area contributed by atoms with Gasteiger partial charge in [0.05, 0.1) is 11.6 Å². The largest absolute Gasteiger partial charge is 0.260 e. The second-order valence-electron chi connectivity index (χ2n) is 8.13. The van der Waals surface area contributed by atoms with Gasteiger partial charge in [-0.2, -0.15) is 0 Å². The van der Waals surface area contributed by atoms with Gasteiger partial charge in [0.15, 0.2) is 0 Å². The summed E-state index contributed by atoms with van der Waals surface area (Å²) in [5.74, 6) is 0.117. The van der Waals surface area contributed by atoms with Crippen molar-refractivity contribution >= 4 is 10.8 Å². The Bertz CT molecular complexity index is 1040. The van der Waals surface area contributed by atoms with Crippen LogP contribution in [0, 0.1) is 0 Å². The zero-order valence-electron chi connectivity index (χ0n) is 16.2. The monoisotopic (exact) mass is 351 g/mol. The Kier molecular flexibility index (Phi) is 4.53. The number of hydrogen-bond acceptors (Lipinski definition) is 1. The third-order valence-electron chi connectivity index (χ3n) is 5.23. The van der Waals surface area contributed by atoms with Crippen LogP contribution >= 0.6 is 0 Å². The highest BCUT2D eigenvalue weighted by Crippen LogP contribution is 2.36. The Balaban J connectivity index is 1.91. The summed E-state index contributed by atoms with van der Waals surface area (Å²) in [6.07, 6.45) is 1.89. The number of fused-ring (bicyclic) bond motifs is 1. The molecule has 0 saturated heterocycles. The van der Waals surface area contributed by atoms with E-state index in [0.717, 1.165) is 5.69 Å².